The monoisotopic (exact) mass is 491 g/mol. The minimum absolute atomic E-state index is 0.234. The number of hydrogen-bond donors (Lipinski definition) is 1. The predicted molar refractivity (Wildman–Crippen MR) is 144 cm³/mol. The van der Waals surface area contributed by atoms with E-state index in [0.717, 1.165) is 36.0 Å². The van der Waals surface area contributed by atoms with Crippen molar-refractivity contribution in [2.45, 2.75) is 118 Å². The average Bonchev–Trinajstić information content (AvgIpc) is 3.16. The molecule has 2 saturated heterocycles. The van der Waals surface area contributed by atoms with Gasteiger partial charge in [-0.2, -0.15) is 0 Å². The Morgan fingerprint density at radius 1 is 1.20 bits per heavy atom. The van der Waals surface area contributed by atoms with E-state index in [1.165, 1.54) is 44.6 Å². The van der Waals surface area contributed by atoms with E-state index in [4.69, 9.17) is 4.74 Å². The van der Waals surface area contributed by atoms with Gasteiger partial charge in [0.1, 0.15) is 5.83 Å². The largest absolute Gasteiger partial charge is 0.375 e. The van der Waals surface area contributed by atoms with Gasteiger partial charge in [-0.1, -0.05) is 66.0 Å². The fourth-order valence-corrected chi connectivity index (χ4v) is 4.89. The molecule has 2 heterocycles. The minimum Gasteiger partial charge on any atom is -0.375 e. The van der Waals surface area contributed by atoms with Gasteiger partial charge in [-0.05, 0) is 81.4 Å². The van der Waals surface area contributed by atoms with Crippen LogP contribution < -0.4 is 5.32 Å². The normalized spacial score (nSPS) is 26.5. The molecule has 0 saturated carbocycles. The van der Waals surface area contributed by atoms with Crippen molar-refractivity contribution < 1.29 is 18.7 Å². The van der Waals surface area contributed by atoms with Crippen LogP contribution in [0.1, 0.15) is 113 Å². The lowest BCUT2D eigenvalue weighted by atomic mass is 9.79. The summed E-state index contributed by atoms with van der Waals surface area (Å²) in [5.74, 6) is 0.0395. The van der Waals surface area contributed by atoms with Gasteiger partial charge in [0.15, 0.2) is 0 Å². The quantitative estimate of drug-likeness (QED) is 0.235. The lowest BCUT2D eigenvalue weighted by molar-refractivity contribution is -0.135. The molecule has 0 bridgehead atoms. The van der Waals surface area contributed by atoms with Crippen molar-refractivity contribution in [3.05, 3.63) is 35.2 Å². The molecule has 0 radical (unpaired) electrons. The molecule has 2 amide bonds. The standard InChI is InChI=1S/C16H22FNO2.C14H28O/c1-5-6-12(14(17)9-11(4)10(2)3)13-7-8-15(19)18-16(13)20;1-5-9-14(10-7-12(3)6-2)13(4)8-11-15-14/h9,13H,2,5-8H2,1,3-4H3,(H,18,19,20);12-13H,5-11H2,1-4H3/b11-9-,14-12-;. The van der Waals surface area contributed by atoms with Crippen LogP contribution in [0.15, 0.2) is 35.2 Å². The summed E-state index contributed by atoms with van der Waals surface area (Å²) >= 11 is 0. The highest BCUT2D eigenvalue weighted by Crippen LogP contribution is 2.40. The second-order valence-electron chi connectivity index (χ2n) is 10.6. The number of halogens is 1. The molecule has 2 aliphatic heterocycles. The van der Waals surface area contributed by atoms with Gasteiger partial charge in [-0.25, -0.2) is 4.39 Å². The average molecular weight is 492 g/mol. The Bertz CT molecular complexity index is 784. The lowest BCUT2D eigenvalue weighted by Crippen LogP contribution is -2.41. The zero-order chi connectivity index (χ0) is 26.6. The van der Waals surface area contributed by atoms with Gasteiger partial charge in [-0.3, -0.25) is 14.9 Å². The zero-order valence-corrected chi connectivity index (χ0v) is 23.4. The number of amides is 2. The third-order valence-electron chi connectivity index (χ3n) is 7.77. The van der Waals surface area contributed by atoms with Crippen LogP contribution >= 0.6 is 0 Å². The number of imide groups is 1. The van der Waals surface area contributed by atoms with Crippen LogP contribution in [0.2, 0.25) is 0 Å². The van der Waals surface area contributed by atoms with Crippen LogP contribution in [-0.2, 0) is 14.3 Å². The second kappa shape index (κ2) is 15.4. The summed E-state index contributed by atoms with van der Waals surface area (Å²) in [6.07, 6.45) is 11.0. The second-order valence-corrected chi connectivity index (χ2v) is 10.6. The summed E-state index contributed by atoms with van der Waals surface area (Å²) in [6.45, 7) is 19.6. The van der Waals surface area contributed by atoms with Crippen LogP contribution in [0.5, 0.6) is 0 Å². The number of ether oxygens (including phenoxy) is 1. The summed E-state index contributed by atoms with van der Waals surface area (Å²) in [4.78, 5) is 23.0. The Balaban J connectivity index is 0.000000365. The fourth-order valence-electron chi connectivity index (χ4n) is 4.89. The summed E-state index contributed by atoms with van der Waals surface area (Å²) in [5, 5.41) is 2.28. The molecule has 2 aliphatic rings. The predicted octanol–water partition coefficient (Wildman–Crippen LogP) is 7.99. The highest BCUT2D eigenvalue weighted by atomic mass is 19.1. The first kappa shape index (κ1) is 31.3. The molecular formula is C30H50FNO3. The van der Waals surface area contributed by atoms with Gasteiger partial charge in [0, 0.05) is 13.0 Å². The molecule has 0 aromatic carbocycles. The molecular weight excluding hydrogens is 441 g/mol. The third kappa shape index (κ3) is 9.67. The van der Waals surface area contributed by atoms with Crippen molar-refractivity contribution in [1.82, 2.24) is 5.32 Å². The van der Waals surface area contributed by atoms with Crippen molar-refractivity contribution >= 4 is 11.8 Å². The molecule has 0 aromatic rings. The number of nitrogens with one attached hydrogen (secondary N) is 1. The van der Waals surface area contributed by atoms with E-state index in [1.807, 2.05) is 13.8 Å². The Kier molecular flexibility index (Phi) is 13.7. The topological polar surface area (TPSA) is 55.4 Å². The molecule has 0 aliphatic carbocycles. The molecule has 2 rings (SSSR count). The van der Waals surface area contributed by atoms with Gasteiger partial charge < -0.3 is 4.74 Å². The number of allylic oxidation sites excluding steroid dienone is 4. The smallest absolute Gasteiger partial charge is 0.233 e. The molecule has 35 heavy (non-hydrogen) atoms. The van der Waals surface area contributed by atoms with Crippen molar-refractivity contribution in [3.8, 4) is 0 Å². The Hall–Kier alpha value is -1.75. The SMILES string of the molecule is C=C(C)/C(C)=C\C(F)=C(/CCC)C1CCC(=O)NC1=O.CCCC1(CCC(C)CC)OCCC1C. The first-order chi connectivity index (χ1) is 16.5. The van der Waals surface area contributed by atoms with E-state index in [9.17, 15) is 14.0 Å². The molecule has 2 fully saturated rings. The molecule has 4 atom stereocenters. The van der Waals surface area contributed by atoms with E-state index >= 15 is 0 Å². The van der Waals surface area contributed by atoms with Crippen molar-refractivity contribution in [2.24, 2.45) is 17.8 Å². The molecule has 0 aromatic heterocycles. The van der Waals surface area contributed by atoms with Crippen LogP contribution in [0.25, 0.3) is 0 Å². The van der Waals surface area contributed by atoms with Gasteiger partial charge in [0.25, 0.3) is 0 Å². The van der Waals surface area contributed by atoms with E-state index in [-0.39, 0.29) is 29.7 Å². The first-order valence-corrected chi connectivity index (χ1v) is 13.7. The number of rotatable bonds is 11. The van der Waals surface area contributed by atoms with E-state index in [1.54, 1.807) is 6.92 Å². The highest BCUT2D eigenvalue weighted by molar-refractivity contribution is 5.99. The molecule has 5 heteroatoms. The number of hydrogen-bond acceptors (Lipinski definition) is 3. The molecule has 200 valence electrons. The first-order valence-electron chi connectivity index (χ1n) is 13.7. The summed E-state index contributed by atoms with van der Waals surface area (Å²) in [6, 6.07) is 0. The summed E-state index contributed by atoms with van der Waals surface area (Å²) in [5.41, 5.74) is 2.26. The van der Waals surface area contributed by atoms with Crippen molar-refractivity contribution in [3.63, 3.8) is 0 Å². The third-order valence-corrected chi connectivity index (χ3v) is 7.77. The molecule has 4 unspecified atom stereocenters. The van der Waals surface area contributed by atoms with Gasteiger partial charge in [0.05, 0.1) is 11.5 Å². The molecule has 0 spiro atoms. The van der Waals surface area contributed by atoms with E-state index < -0.39 is 5.92 Å². The number of carbonyl (C=O) groups is 2. The maximum atomic E-state index is 14.4. The lowest BCUT2D eigenvalue weighted by Gasteiger charge is -2.33. The fraction of sp³-hybridized carbons (Fsp3) is 0.733. The Labute approximate surface area is 213 Å². The van der Waals surface area contributed by atoms with Crippen LogP contribution in [0.3, 0.4) is 0 Å². The number of carbonyl (C=O) groups excluding carboxylic acids is 2. The minimum atomic E-state index is -0.540. The van der Waals surface area contributed by atoms with Crippen molar-refractivity contribution in [2.75, 3.05) is 6.61 Å². The summed E-state index contributed by atoms with van der Waals surface area (Å²) in [7, 11) is 0. The Morgan fingerprint density at radius 3 is 2.37 bits per heavy atom. The highest BCUT2D eigenvalue weighted by Gasteiger charge is 2.40. The maximum Gasteiger partial charge on any atom is 0.233 e. The maximum absolute atomic E-state index is 14.4. The van der Waals surface area contributed by atoms with Gasteiger partial charge in [-0.15, -0.1) is 0 Å². The van der Waals surface area contributed by atoms with Crippen molar-refractivity contribution in [1.29, 1.82) is 0 Å². The zero-order valence-electron chi connectivity index (χ0n) is 23.4. The Morgan fingerprint density at radius 2 is 1.89 bits per heavy atom. The van der Waals surface area contributed by atoms with E-state index in [0.29, 0.717) is 18.4 Å². The van der Waals surface area contributed by atoms with Crippen LogP contribution in [-0.4, -0.2) is 24.0 Å². The molecule has 4 nitrogen and oxygen atoms in total. The summed E-state index contributed by atoms with van der Waals surface area (Å²) < 4.78 is 20.5. The van der Waals surface area contributed by atoms with Gasteiger partial charge >= 0.3 is 0 Å². The van der Waals surface area contributed by atoms with Crippen LogP contribution in [0.4, 0.5) is 4.39 Å². The number of piperidine rings is 1. The van der Waals surface area contributed by atoms with E-state index in [2.05, 4.69) is 39.6 Å². The molecule has 1 N–H and O–H groups in total. The van der Waals surface area contributed by atoms with Gasteiger partial charge in [0.2, 0.25) is 11.8 Å². The van der Waals surface area contributed by atoms with Crippen LogP contribution in [0, 0.1) is 17.8 Å².